The predicted molar refractivity (Wildman–Crippen MR) is 166 cm³/mol. The van der Waals surface area contributed by atoms with E-state index in [1.54, 1.807) is 42.1 Å². The molecule has 0 radical (unpaired) electrons. The quantitative estimate of drug-likeness (QED) is 0.135. The molecule has 39 heavy (non-hydrogen) atoms. The van der Waals surface area contributed by atoms with Crippen LogP contribution in [0.5, 0.6) is 11.5 Å². The number of rotatable bonds is 10. The lowest BCUT2D eigenvalue weighted by Crippen LogP contribution is -2.36. The number of amides is 3. The van der Waals surface area contributed by atoms with E-state index >= 15 is 0 Å². The highest BCUT2D eigenvalue weighted by molar-refractivity contribution is 14.1. The molecule has 1 heterocycles. The number of carbonyl (C=O) groups is 3. The van der Waals surface area contributed by atoms with Crippen LogP contribution in [0.25, 0.3) is 6.08 Å². The molecule has 7 nitrogen and oxygen atoms in total. The van der Waals surface area contributed by atoms with Crippen LogP contribution in [-0.2, 0) is 16.2 Å². The van der Waals surface area contributed by atoms with Gasteiger partial charge < -0.3 is 14.8 Å². The Morgan fingerprint density at radius 2 is 1.90 bits per heavy atom. The van der Waals surface area contributed by atoms with Crippen LogP contribution < -0.4 is 14.8 Å². The van der Waals surface area contributed by atoms with Crippen LogP contribution >= 0.6 is 57.7 Å². The van der Waals surface area contributed by atoms with Crippen LogP contribution in [0, 0.1) is 3.57 Å². The molecule has 0 saturated carbocycles. The number of carbonyl (C=O) groups excluding carboxylic acids is 3. The first-order valence-corrected chi connectivity index (χ1v) is 15.3. The Morgan fingerprint density at radius 3 is 2.62 bits per heavy atom. The van der Waals surface area contributed by atoms with Crippen molar-refractivity contribution in [3.05, 3.63) is 85.3 Å². The molecule has 0 unspecified atom stereocenters. The summed E-state index contributed by atoms with van der Waals surface area (Å²) in [5.41, 5.74) is 2.23. The van der Waals surface area contributed by atoms with E-state index in [1.165, 1.54) is 0 Å². The van der Waals surface area contributed by atoms with E-state index in [0.29, 0.717) is 41.0 Å². The number of nitrogens with one attached hydrogen (secondary N) is 1. The monoisotopic (exact) mass is 694 g/mol. The average Bonchev–Trinajstić information content (AvgIpc) is 3.16. The second-order valence-electron chi connectivity index (χ2n) is 8.23. The van der Waals surface area contributed by atoms with Crippen molar-refractivity contribution in [2.75, 3.05) is 24.7 Å². The van der Waals surface area contributed by atoms with E-state index in [2.05, 4.69) is 27.9 Å². The van der Waals surface area contributed by atoms with Gasteiger partial charge in [0.25, 0.3) is 11.1 Å². The Bertz CT molecular complexity index is 1430. The maximum absolute atomic E-state index is 13.0. The third-order valence-corrected chi connectivity index (χ3v) is 8.14. The highest BCUT2D eigenvalue weighted by Gasteiger charge is 2.36. The van der Waals surface area contributed by atoms with Gasteiger partial charge in [0.05, 0.1) is 15.1 Å². The first-order valence-electron chi connectivity index (χ1n) is 11.8. The summed E-state index contributed by atoms with van der Waals surface area (Å²) in [7, 11) is 0. The Kier molecular flexibility index (Phi) is 10.2. The van der Waals surface area contributed by atoms with Crippen LogP contribution in [-0.4, -0.2) is 41.4 Å². The Hall–Kier alpha value is -2.67. The molecular weight excluding hydrogens is 671 g/mol. The molecule has 0 atom stereocenters. The lowest BCUT2D eigenvalue weighted by atomic mass is 10.1. The minimum atomic E-state index is -0.519. The molecule has 11 heteroatoms. The van der Waals surface area contributed by atoms with Crippen LogP contribution in [0.1, 0.15) is 18.1 Å². The van der Waals surface area contributed by atoms with E-state index in [-0.39, 0.29) is 11.4 Å². The third-order valence-electron chi connectivity index (χ3n) is 5.45. The molecule has 1 saturated heterocycles. The van der Waals surface area contributed by atoms with Crippen LogP contribution in [0.3, 0.4) is 0 Å². The van der Waals surface area contributed by atoms with E-state index in [0.717, 1.165) is 30.7 Å². The number of ether oxygens (including phenoxy) is 2. The van der Waals surface area contributed by atoms with Crippen molar-refractivity contribution < 1.29 is 23.9 Å². The zero-order valence-corrected chi connectivity index (χ0v) is 25.6. The maximum atomic E-state index is 13.0. The highest BCUT2D eigenvalue weighted by atomic mass is 127. The highest BCUT2D eigenvalue weighted by Crippen LogP contribution is 2.38. The van der Waals surface area contributed by atoms with Gasteiger partial charge in [-0.05, 0) is 107 Å². The molecule has 1 aliphatic rings. The fourth-order valence-corrected chi connectivity index (χ4v) is 5.85. The standard InChI is InChI=1S/C28H24ClIN2O5S2/c1-3-36-23-12-18(11-22(30)26(23)37-16-17-7-9-19(29)10-8-17)13-24-27(34)32(28(35)39-24)15-25(33)31-20-5-4-6-21(14-20)38-2/h4-14H,3,15-16H2,1-2H3,(H,31,33)/b24-13+. The van der Waals surface area contributed by atoms with Gasteiger partial charge in [-0.25, -0.2) is 0 Å². The number of thioether (sulfide) groups is 2. The minimum absolute atomic E-state index is 0.227. The maximum Gasteiger partial charge on any atom is 0.294 e. The van der Waals surface area contributed by atoms with E-state index in [9.17, 15) is 14.4 Å². The second-order valence-corrected chi connectivity index (χ2v) is 11.7. The van der Waals surface area contributed by atoms with Crippen LogP contribution in [0.4, 0.5) is 10.5 Å². The van der Waals surface area contributed by atoms with E-state index < -0.39 is 17.1 Å². The summed E-state index contributed by atoms with van der Waals surface area (Å²) in [5, 5.41) is 2.90. The number of benzene rings is 3. The summed E-state index contributed by atoms with van der Waals surface area (Å²) in [6.07, 6.45) is 3.56. The van der Waals surface area contributed by atoms with Gasteiger partial charge in [-0.1, -0.05) is 29.8 Å². The minimum Gasteiger partial charge on any atom is -0.490 e. The van der Waals surface area contributed by atoms with Gasteiger partial charge in [-0.2, -0.15) is 0 Å². The zero-order valence-electron chi connectivity index (χ0n) is 21.0. The van der Waals surface area contributed by atoms with Gasteiger partial charge in [-0.3, -0.25) is 19.3 Å². The lowest BCUT2D eigenvalue weighted by Gasteiger charge is -2.15. The van der Waals surface area contributed by atoms with Gasteiger partial charge in [0, 0.05) is 15.6 Å². The van der Waals surface area contributed by atoms with E-state index in [1.807, 2.05) is 49.6 Å². The molecule has 1 aliphatic heterocycles. The normalized spacial score (nSPS) is 14.2. The van der Waals surface area contributed by atoms with Gasteiger partial charge in [-0.15, -0.1) is 11.8 Å². The zero-order chi connectivity index (χ0) is 27.9. The van der Waals surface area contributed by atoms with Crippen LogP contribution in [0.2, 0.25) is 5.02 Å². The van der Waals surface area contributed by atoms with Gasteiger partial charge in [0.1, 0.15) is 13.2 Å². The molecular formula is C28H24ClIN2O5S2. The fourth-order valence-electron chi connectivity index (χ4n) is 3.64. The molecule has 1 N–H and O–H groups in total. The van der Waals surface area contributed by atoms with Crippen molar-refractivity contribution in [2.24, 2.45) is 0 Å². The Balaban J connectivity index is 1.48. The number of nitrogens with zero attached hydrogens (tertiary/aromatic N) is 1. The summed E-state index contributed by atoms with van der Waals surface area (Å²) in [6, 6.07) is 18.3. The average molecular weight is 695 g/mol. The lowest BCUT2D eigenvalue weighted by molar-refractivity contribution is -0.127. The Morgan fingerprint density at radius 1 is 1.13 bits per heavy atom. The molecule has 3 aromatic rings. The number of hydrogen-bond acceptors (Lipinski definition) is 7. The van der Waals surface area contributed by atoms with Gasteiger partial charge in [0.2, 0.25) is 5.91 Å². The number of imide groups is 1. The van der Waals surface area contributed by atoms with Gasteiger partial charge in [0.15, 0.2) is 11.5 Å². The van der Waals surface area contributed by atoms with Crippen LogP contribution in [0.15, 0.2) is 70.5 Å². The SMILES string of the molecule is CCOc1cc(/C=C2/SC(=O)N(CC(=O)Nc3cccc(SC)c3)C2=O)cc(I)c1OCc1ccc(Cl)cc1. The van der Waals surface area contributed by atoms with Crippen molar-refractivity contribution in [1.82, 2.24) is 4.90 Å². The summed E-state index contributed by atoms with van der Waals surface area (Å²) in [5.74, 6) is 0.136. The third kappa shape index (κ3) is 7.71. The molecule has 3 aromatic carbocycles. The first-order chi connectivity index (χ1) is 18.8. The first kappa shape index (κ1) is 29.3. The molecule has 0 bridgehead atoms. The summed E-state index contributed by atoms with van der Waals surface area (Å²) in [6.45, 7) is 2.25. The van der Waals surface area contributed by atoms with Crippen molar-refractivity contribution in [3.8, 4) is 11.5 Å². The number of halogens is 2. The molecule has 1 fully saturated rings. The summed E-state index contributed by atoms with van der Waals surface area (Å²) < 4.78 is 12.7. The fraction of sp³-hybridized carbons (Fsp3) is 0.179. The smallest absolute Gasteiger partial charge is 0.294 e. The van der Waals surface area contributed by atoms with Crippen molar-refractivity contribution in [2.45, 2.75) is 18.4 Å². The summed E-state index contributed by atoms with van der Waals surface area (Å²) >= 11 is 10.5. The topological polar surface area (TPSA) is 84.9 Å². The molecule has 0 spiro atoms. The number of anilines is 1. The summed E-state index contributed by atoms with van der Waals surface area (Å²) in [4.78, 5) is 40.4. The molecule has 202 valence electrons. The van der Waals surface area contributed by atoms with Crippen molar-refractivity contribution in [3.63, 3.8) is 0 Å². The molecule has 3 amide bonds. The molecule has 4 rings (SSSR count). The second kappa shape index (κ2) is 13.6. The number of hydrogen-bond donors (Lipinski definition) is 1. The largest absolute Gasteiger partial charge is 0.490 e. The Labute approximate surface area is 253 Å². The molecule has 0 aliphatic carbocycles. The molecule has 0 aromatic heterocycles. The van der Waals surface area contributed by atoms with Gasteiger partial charge >= 0.3 is 0 Å². The van der Waals surface area contributed by atoms with Crippen molar-refractivity contribution in [1.29, 1.82) is 0 Å². The van der Waals surface area contributed by atoms with E-state index in [4.69, 9.17) is 21.1 Å². The van der Waals surface area contributed by atoms with Crippen molar-refractivity contribution >= 4 is 86.5 Å². The predicted octanol–water partition coefficient (Wildman–Crippen LogP) is 7.32.